The molecule has 0 fully saturated rings. The lowest BCUT2D eigenvalue weighted by molar-refractivity contribution is 0.0995. The fraction of sp³-hybridized carbons (Fsp3) is 0.350. The van der Waals surface area contributed by atoms with Crippen LogP contribution in [0.15, 0.2) is 24.5 Å². The number of alkyl halides is 2. The van der Waals surface area contributed by atoms with E-state index in [2.05, 4.69) is 15.2 Å². The Morgan fingerprint density at radius 1 is 1.23 bits per heavy atom. The van der Waals surface area contributed by atoms with Crippen LogP contribution in [0.5, 0.6) is 0 Å². The van der Waals surface area contributed by atoms with Crippen LogP contribution >= 0.6 is 0 Å². The largest absolute Gasteiger partial charge is 0.364 e. The van der Waals surface area contributed by atoms with Crippen molar-refractivity contribution in [1.82, 2.24) is 34.1 Å². The predicted octanol–water partition coefficient (Wildman–Crippen LogP) is 2.68. The van der Waals surface area contributed by atoms with E-state index in [-0.39, 0.29) is 12.1 Å². The lowest BCUT2D eigenvalue weighted by Gasteiger charge is -2.06. The molecule has 0 radical (unpaired) electrons. The van der Waals surface area contributed by atoms with E-state index in [9.17, 15) is 13.6 Å². The number of nitrogens with two attached hydrogens (primary N) is 1. The van der Waals surface area contributed by atoms with Gasteiger partial charge in [0.15, 0.2) is 5.82 Å². The maximum absolute atomic E-state index is 12.5. The van der Waals surface area contributed by atoms with Gasteiger partial charge in [-0.2, -0.15) is 10.2 Å². The van der Waals surface area contributed by atoms with Gasteiger partial charge in [-0.05, 0) is 25.5 Å². The van der Waals surface area contributed by atoms with Gasteiger partial charge in [0.25, 0.3) is 5.91 Å². The molecule has 4 heterocycles. The van der Waals surface area contributed by atoms with Gasteiger partial charge in [-0.3, -0.25) is 14.2 Å². The molecule has 162 valence electrons. The summed E-state index contributed by atoms with van der Waals surface area (Å²) in [5.41, 5.74) is 8.89. The lowest BCUT2D eigenvalue weighted by Crippen LogP contribution is -2.14. The number of aromatic nitrogens is 7. The summed E-state index contributed by atoms with van der Waals surface area (Å²) in [5.74, 6) is -0.124. The van der Waals surface area contributed by atoms with Gasteiger partial charge in [0.2, 0.25) is 6.43 Å². The van der Waals surface area contributed by atoms with Crippen LogP contribution in [0.2, 0.25) is 0 Å². The number of hydrogen-bond acceptors (Lipinski definition) is 5. The number of fused-ring (bicyclic) bond motifs is 1. The fourth-order valence-electron chi connectivity index (χ4n) is 3.57. The Kier molecular flexibility index (Phi) is 5.25. The molecule has 4 rings (SSSR count). The summed E-state index contributed by atoms with van der Waals surface area (Å²) in [5, 5.41) is 9.40. The second-order valence-electron chi connectivity index (χ2n) is 7.41. The molecule has 0 aliphatic rings. The highest BCUT2D eigenvalue weighted by Gasteiger charge is 2.20. The maximum Gasteiger partial charge on any atom is 0.267 e. The third-order valence-corrected chi connectivity index (χ3v) is 5.04. The molecule has 0 atom stereocenters. The summed E-state index contributed by atoms with van der Waals surface area (Å²) < 4.78 is 30.2. The van der Waals surface area contributed by atoms with Crippen molar-refractivity contribution in [2.75, 3.05) is 0 Å². The number of amides is 1. The second-order valence-corrected chi connectivity index (χ2v) is 7.41. The predicted molar refractivity (Wildman–Crippen MR) is 110 cm³/mol. The van der Waals surface area contributed by atoms with E-state index in [4.69, 9.17) is 10.7 Å². The molecular weight excluding hydrogens is 406 g/mol. The Balaban J connectivity index is 1.79. The molecule has 0 aromatic carbocycles. The molecule has 9 nitrogen and oxygen atoms in total. The summed E-state index contributed by atoms with van der Waals surface area (Å²) in [6.07, 6.45) is 1.26. The van der Waals surface area contributed by atoms with Gasteiger partial charge >= 0.3 is 0 Å². The zero-order valence-electron chi connectivity index (χ0n) is 17.4. The standard InChI is InChI=1S/C20H22F2N8O/c1-11-7-16(30(27-11)6-4-5-17(21)22)14-10-28(2)20(26-14)18-12-9-24-29(3)15(12)8-13(25-18)19(23)31/h7-10,17H,4-6H2,1-3H3,(H2,23,31). The van der Waals surface area contributed by atoms with Crippen molar-refractivity contribution in [3.63, 3.8) is 0 Å². The monoisotopic (exact) mass is 428 g/mol. The van der Waals surface area contributed by atoms with E-state index in [1.165, 1.54) is 0 Å². The number of halogens is 2. The first-order chi connectivity index (χ1) is 14.7. The Hall–Kier alpha value is -3.63. The van der Waals surface area contributed by atoms with E-state index in [0.29, 0.717) is 35.7 Å². The van der Waals surface area contributed by atoms with Gasteiger partial charge in [-0.15, -0.1) is 0 Å². The summed E-state index contributed by atoms with van der Waals surface area (Å²) in [4.78, 5) is 21.0. The molecule has 0 unspecified atom stereocenters. The van der Waals surface area contributed by atoms with Crippen LogP contribution < -0.4 is 5.73 Å². The maximum atomic E-state index is 12.5. The number of imidazole rings is 1. The normalized spacial score (nSPS) is 11.7. The molecule has 1 amide bonds. The van der Waals surface area contributed by atoms with Crippen LogP contribution in [0, 0.1) is 6.92 Å². The third-order valence-electron chi connectivity index (χ3n) is 5.04. The minimum atomic E-state index is -2.34. The van der Waals surface area contributed by atoms with Gasteiger partial charge in [0, 0.05) is 38.6 Å². The van der Waals surface area contributed by atoms with Gasteiger partial charge in [0.05, 0.1) is 23.1 Å². The van der Waals surface area contributed by atoms with E-state index in [1.54, 1.807) is 33.2 Å². The molecule has 31 heavy (non-hydrogen) atoms. The lowest BCUT2D eigenvalue weighted by atomic mass is 10.2. The minimum Gasteiger partial charge on any atom is -0.364 e. The van der Waals surface area contributed by atoms with Gasteiger partial charge in [-0.1, -0.05) is 0 Å². The Morgan fingerprint density at radius 2 is 2.00 bits per heavy atom. The van der Waals surface area contributed by atoms with Crippen LogP contribution in [-0.2, 0) is 20.6 Å². The topological polar surface area (TPSA) is 109 Å². The van der Waals surface area contributed by atoms with Crippen LogP contribution in [-0.4, -0.2) is 46.4 Å². The quantitative estimate of drug-likeness (QED) is 0.487. The SMILES string of the molecule is Cc1cc(-c2cn(C)c(-c3nc(C(N)=O)cc4c3cnn4C)n2)n(CCCC(F)F)n1. The highest BCUT2D eigenvalue weighted by molar-refractivity contribution is 5.99. The number of primary amides is 1. The molecule has 4 aromatic heterocycles. The highest BCUT2D eigenvalue weighted by Crippen LogP contribution is 2.29. The Morgan fingerprint density at radius 3 is 2.71 bits per heavy atom. The number of carbonyl (C=O) groups is 1. The third kappa shape index (κ3) is 3.90. The van der Waals surface area contributed by atoms with Crippen molar-refractivity contribution in [3.05, 3.63) is 35.9 Å². The summed E-state index contributed by atoms with van der Waals surface area (Å²) >= 11 is 0. The first-order valence-electron chi connectivity index (χ1n) is 9.74. The van der Waals surface area contributed by atoms with Crippen molar-refractivity contribution in [2.24, 2.45) is 19.8 Å². The fourth-order valence-corrected chi connectivity index (χ4v) is 3.57. The highest BCUT2D eigenvalue weighted by atomic mass is 19.3. The molecule has 2 N–H and O–H groups in total. The van der Waals surface area contributed by atoms with Gasteiger partial charge < -0.3 is 10.3 Å². The van der Waals surface area contributed by atoms with Crippen molar-refractivity contribution in [2.45, 2.75) is 32.7 Å². The molecule has 0 aliphatic heterocycles. The van der Waals surface area contributed by atoms with E-state index < -0.39 is 12.3 Å². The first kappa shape index (κ1) is 20.6. The van der Waals surface area contributed by atoms with E-state index >= 15 is 0 Å². The van der Waals surface area contributed by atoms with Crippen LogP contribution in [0.3, 0.4) is 0 Å². The van der Waals surface area contributed by atoms with Crippen molar-refractivity contribution in [1.29, 1.82) is 0 Å². The smallest absolute Gasteiger partial charge is 0.267 e. The second kappa shape index (κ2) is 7.89. The van der Waals surface area contributed by atoms with E-state index in [1.807, 2.05) is 26.2 Å². The number of carbonyl (C=O) groups excluding carboxylic acids is 1. The Bertz CT molecular complexity index is 1270. The zero-order chi connectivity index (χ0) is 22.3. The van der Waals surface area contributed by atoms with Gasteiger partial charge in [0.1, 0.15) is 17.1 Å². The molecule has 0 bridgehead atoms. The molecule has 4 aromatic rings. The summed E-state index contributed by atoms with van der Waals surface area (Å²) in [7, 11) is 3.58. The number of hydrogen-bond donors (Lipinski definition) is 1. The molecular formula is C20H22F2N8O. The average molecular weight is 428 g/mol. The van der Waals surface area contributed by atoms with E-state index in [0.717, 1.165) is 16.8 Å². The molecule has 11 heteroatoms. The molecule has 0 saturated heterocycles. The average Bonchev–Trinajstić information content (AvgIpc) is 3.38. The summed E-state index contributed by atoms with van der Waals surface area (Å²) in [6.45, 7) is 2.20. The minimum absolute atomic E-state index is 0.114. The molecule has 0 aliphatic carbocycles. The Labute approximate surface area is 176 Å². The molecule has 0 saturated carbocycles. The van der Waals surface area contributed by atoms with Gasteiger partial charge in [-0.25, -0.2) is 18.7 Å². The number of pyridine rings is 1. The number of nitrogens with zero attached hydrogens (tertiary/aromatic N) is 7. The first-order valence-corrected chi connectivity index (χ1v) is 9.74. The summed E-state index contributed by atoms with van der Waals surface area (Å²) in [6, 6.07) is 3.46. The van der Waals surface area contributed by atoms with Crippen molar-refractivity contribution < 1.29 is 13.6 Å². The zero-order valence-corrected chi connectivity index (χ0v) is 17.4. The van der Waals surface area contributed by atoms with Crippen molar-refractivity contribution >= 4 is 16.8 Å². The number of rotatable bonds is 7. The van der Waals surface area contributed by atoms with Crippen LogP contribution in [0.25, 0.3) is 33.8 Å². The van der Waals surface area contributed by atoms with Crippen LogP contribution in [0.1, 0.15) is 29.0 Å². The van der Waals surface area contributed by atoms with Crippen molar-refractivity contribution in [3.8, 4) is 22.9 Å². The molecule has 0 spiro atoms. The number of aryl methyl sites for hydroxylation is 4. The van der Waals surface area contributed by atoms with Crippen LogP contribution in [0.4, 0.5) is 8.78 Å².